The van der Waals surface area contributed by atoms with E-state index in [0.717, 1.165) is 14.2 Å². The van der Waals surface area contributed by atoms with E-state index in [2.05, 4.69) is 30.7 Å². The van der Waals surface area contributed by atoms with E-state index in [4.69, 9.17) is 9.47 Å². The second-order valence-corrected chi connectivity index (χ2v) is 6.00. The Labute approximate surface area is 153 Å². The van der Waals surface area contributed by atoms with Gasteiger partial charge in [-0.25, -0.2) is 14.4 Å². The van der Waals surface area contributed by atoms with Gasteiger partial charge in [-0.2, -0.15) is 0 Å². The third-order valence-electron chi connectivity index (χ3n) is 3.29. The molecule has 0 heterocycles. The van der Waals surface area contributed by atoms with Crippen molar-refractivity contribution in [3.63, 3.8) is 0 Å². The number of ether oxygens (including phenoxy) is 4. The highest BCUT2D eigenvalue weighted by Gasteiger charge is 2.57. The Kier molecular flexibility index (Phi) is 7.69. The third-order valence-corrected chi connectivity index (χ3v) is 4.39. The van der Waals surface area contributed by atoms with Crippen molar-refractivity contribution in [3.8, 4) is 5.75 Å². The molecule has 1 N–H and O–H groups in total. The van der Waals surface area contributed by atoms with Crippen LogP contribution in [0.4, 0.5) is 5.69 Å². The smallest absolute Gasteiger partial charge is 0.337 e. The second-order valence-electron chi connectivity index (χ2n) is 4.75. The number of benzene rings is 1. The topological polar surface area (TPSA) is 100 Å². The van der Waals surface area contributed by atoms with E-state index in [1.807, 2.05) is 0 Å². The molecular weight excluding hydrogens is 398 g/mol. The number of carbonyl (C=O) groups is 3. The maximum Gasteiger partial charge on any atom is 0.337 e. The molecule has 0 fully saturated rings. The Balaban J connectivity index is 3.30. The molecular formula is C16H20BrNO7. The van der Waals surface area contributed by atoms with E-state index >= 15 is 0 Å². The van der Waals surface area contributed by atoms with Gasteiger partial charge in [-0.05, 0) is 31.2 Å². The van der Waals surface area contributed by atoms with Crippen molar-refractivity contribution in [2.24, 2.45) is 0 Å². The highest BCUT2D eigenvalue weighted by atomic mass is 79.9. The molecule has 1 atom stereocenters. The van der Waals surface area contributed by atoms with Crippen LogP contribution in [0.5, 0.6) is 5.75 Å². The summed E-state index contributed by atoms with van der Waals surface area (Å²) in [5.74, 6) is -2.23. The molecule has 0 aliphatic heterocycles. The summed E-state index contributed by atoms with van der Waals surface area (Å²) in [7, 11) is 3.70. The predicted molar refractivity (Wildman–Crippen MR) is 92.7 cm³/mol. The molecule has 1 rings (SSSR count). The molecule has 0 bridgehead atoms. The maximum atomic E-state index is 12.4. The number of nitrogens with one attached hydrogen (secondary N) is 1. The fourth-order valence-corrected chi connectivity index (χ4v) is 2.64. The minimum Gasteiger partial charge on any atom is -0.497 e. The minimum absolute atomic E-state index is 0.0606. The average Bonchev–Trinajstić information content (AvgIpc) is 2.64. The summed E-state index contributed by atoms with van der Waals surface area (Å²) in [5.41, 5.74) is 0.454. The zero-order valence-electron chi connectivity index (χ0n) is 14.3. The molecule has 25 heavy (non-hydrogen) atoms. The van der Waals surface area contributed by atoms with Gasteiger partial charge in [0.05, 0.1) is 27.9 Å². The molecule has 0 saturated carbocycles. The van der Waals surface area contributed by atoms with Crippen molar-refractivity contribution >= 4 is 39.5 Å². The molecule has 9 heteroatoms. The van der Waals surface area contributed by atoms with Gasteiger partial charge in [-0.3, -0.25) is 0 Å². The Morgan fingerprint density at radius 2 is 1.60 bits per heavy atom. The second kappa shape index (κ2) is 9.26. The lowest BCUT2D eigenvalue weighted by molar-refractivity contribution is -0.161. The SMILES string of the molecule is CCOC(=O)[C@H](Nc1ccc(OC)cc1)C(Br)(C(=O)OC)C(=O)OC. The first-order valence-corrected chi connectivity index (χ1v) is 8.07. The highest BCUT2D eigenvalue weighted by Crippen LogP contribution is 2.30. The van der Waals surface area contributed by atoms with Crippen LogP contribution in [-0.4, -0.2) is 56.2 Å². The van der Waals surface area contributed by atoms with E-state index in [0.29, 0.717) is 11.4 Å². The number of hydrogen-bond donors (Lipinski definition) is 1. The lowest BCUT2D eigenvalue weighted by atomic mass is 9.99. The Morgan fingerprint density at radius 1 is 1.08 bits per heavy atom. The Morgan fingerprint density at radius 3 is 2.00 bits per heavy atom. The third kappa shape index (κ3) is 4.62. The van der Waals surface area contributed by atoms with E-state index in [1.165, 1.54) is 7.11 Å². The first-order chi connectivity index (χ1) is 11.8. The summed E-state index contributed by atoms with van der Waals surface area (Å²) in [6.45, 7) is 1.67. The van der Waals surface area contributed by atoms with E-state index in [-0.39, 0.29) is 6.61 Å². The van der Waals surface area contributed by atoms with Gasteiger partial charge in [0.25, 0.3) is 0 Å². The van der Waals surface area contributed by atoms with Crippen LogP contribution in [0.25, 0.3) is 0 Å². The average molecular weight is 418 g/mol. The standard InChI is InChI=1S/C16H20BrNO7/c1-5-25-13(19)12(16(17,14(20)23-3)15(21)24-4)18-10-6-8-11(22-2)9-7-10/h6-9,12,18H,5H2,1-4H3/t12-/m0/s1. The van der Waals surface area contributed by atoms with Crippen LogP contribution in [0.15, 0.2) is 24.3 Å². The normalized spacial score (nSPS) is 11.9. The summed E-state index contributed by atoms with van der Waals surface area (Å²) in [4.78, 5) is 36.9. The number of halogens is 1. The number of rotatable bonds is 8. The maximum absolute atomic E-state index is 12.4. The zero-order chi connectivity index (χ0) is 19.0. The minimum atomic E-state index is -2.12. The first-order valence-electron chi connectivity index (χ1n) is 7.28. The van der Waals surface area contributed by atoms with Crippen LogP contribution in [0, 0.1) is 0 Å². The van der Waals surface area contributed by atoms with Crippen LogP contribution in [-0.2, 0) is 28.6 Å². The summed E-state index contributed by atoms with van der Waals surface area (Å²) in [6.07, 6.45) is 0. The van der Waals surface area contributed by atoms with Gasteiger partial charge in [0.2, 0.25) is 4.32 Å². The number of hydrogen-bond acceptors (Lipinski definition) is 8. The van der Waals surface area contributed by atoms with Gasteiger partial charge >= 0.3 is 17.9 Å². The van der Waals surface area contributed by atoms with Crippen molar-refractivity contribution in [2.75, 3.05) is 33.3 Å². The van der Waals surface area contributed by atoms with Crippen molar-refractivity contribution in [2.45, 2.75) is 17.3 Å². The first kappa shape index (κ1) is 20.8. The zero-order valence-corrected chi connectivity index (χ0v) is 15.9. The lowest BCUT2D eigenvalue weighted by Gasteiger charge is -2.30. The fraction of sp³-hybridized carbons (Fsp3) is 0.438. The van der Waals surface area contributed by atoms with Gasteiger partial charge in [0.1, 0.15) is 5.75 Å². The highest BCUT2D eigenvalue weighted by molar-refractivity contribution is 9.10. The van der Waals surface area contributed by atoms with Crippen LogP contribution in [0.3, 0.4) is 0 Å². The molecule has 8 nitrogen and oxygen atoms in total. The summed E-state index contributed by atoms with van der Waals surface area (Å²) < 4.78 is 17.3. The Hall–Kier alpha value is -2.29. The number of esters is 3. The van der Waals surface area contributed by atoms with Crippen LogP contribution < -0.4 is 10.1 Å². The molecule has 0 spiro atoms. The van der Waals surface area contributed by atoms with Gasteiger partial charge in [-0.15, -0.1) is 0 Å². The van der Waals surface area contributed by atoms with Crippen LogP contribution >= 0.6 is 15.9 Å². The summed E-state index contributed by atoms with van der Waals surface area (Å²) >= 11 is 3.02. The van der Waals surface area contributed by atoms with Crippen LogP contribution in [0.2, 0.25) is 0 Å². The molecule has 1 aromatic carbocycles. The van der Waals surface area contributed by atoms with Crippen molar-refractivity contribution in [1.82, 2.24) is 0 Å². The monoisotopic (exact) mass is 417 g/mol. The number of anilines is 1. The predicted octanol–water partition coefficient (Wildman–Crippen LogP) is 1.52. The molecule has 0 unspecified atom stereocenters. The molecule has 0 saturated heterocycles. The van der Waals surface area contributed by atoms with E-state index in [9.17, 15) is 14.4 Å². The summed E-state index contributed by atoms with van der Waals surface area (Å²) in [6, 6.07) is 5.11. The van der Waals surface area contributed by atoms with Gasteiger partial charge < -0.3 is 24.3 Å². The van der Waals surface area contributed by atoms with E-state index < -0.39 is 28.3 Å². The fourth-order valence-electron chi connectivity index (χ4n) is 2.02. The lowest BCUT2D eigenvalue weighted by Crippen LogP contribution is -2.59. The summed E-state index contributed by atoms with van der Waals surface area (Å²) in [5, 5.41) is 2.81. The number of alkyl halides is 1. The number of carbonyl (C=O) groups excluding carboxylic acids is 3. The molecule has 0 radical (unpaired) electrons. The van der Waals surface area contributed by atoms with Gasteiger partial charge in [0.15, 0.2) is 6.04 Å². The number of methoxy groups -OCH3 is 3. The van der Waals surface area contributed by atoms with Crippen molar-refractivity contribution < 1.29 is 33.3 Å². The molecule has 0 aliphatic rings. The Bertz CT molecular complexity index is 601. The van der Waals surface area contributed by atoms with Crippen molar-refractivity contribution in [1.29, 1.82) is 0 Å². The molecule has 0 aromatic heterocycles. The largest absolute Gasteiger partial charge is 0.497 e. The molecule has 138 valence electrons. The van der Waals surface area contributed by atoms with Crippen LogP contribution in [0.1, 0.15) is 6.92 Å². The van der Waals surface area contributed by atoms with Gasteiger partial charge in [0, 0.05) is 5.69 Å². The molecule has 1 aromatic rings. The van der Waals surface area contributed by atoms with E-state index in [1.54, 1.807) is 31.2 Å². The quantitative estimate of drug-likeness (QED) is 0.294. The van der Waals surface area contributed by atoms with Crippen molar-refractivity contribution in [3.05, 3.63) is 24.3 Å². The van der Waals surface area contributed by atoms with Gasteiger partial charge in [-0.1, -0.05) is 15.9 Å². The molecule has 0 amide bonds. The molecule has 0 aliphatic carbocycles.